The van der Waals surface area contributed by atoms with Crippen molar-refractivity contribution in [1.82, 2.24) is 4.37 Å². The highest BCUT2D eigenvalue weighted by Gasteiger charge is 2.27. The molecule has 0 amide bonds. The number of halogens is 2. The van der Waals surface area contributed by atoms with Crippen LogP contribution in [0.25, 0.3) is 11.3 Å². The third-order valence-electron chi connectivity index (χ3n) is 2.49. The van der Waals surface area contributed by atoms with Crippen LogP contribution in [-0.4, -0.2) is 4.37 Å². The summed E-state index contributed by atoms with van der Waals surface area (Å²) in [5, 5.41) is 0. The van der Waals surface area contributed by atoms with Crippen molar-refractivity contribution in [2.75, 3.05) is 0 Å². The molecular formula is C13H12F2NS. The normalized spacial score (nSPS) is 11.8. The maximum atomic E-state index is 13.0. The van der Waals surface area contributed by atoms with Crippen LogP contribution < -0.4 is 0 Å². The van der Waals surface area contributed by atoms with Gasteiger partial charge in [-0.15, -0.1) is 0 Å². The van der Waals surface area contributed by atoms with Crippen LogP contribution in [0.15, 0.2) is 24.3 Å². The molecular weight excluding hydrogens is 240 g/mol. The van der Waals surface area contributed by atoms with E-state index in [1.807, 2.05) is 24.3 Å². The average Bonchev–Trinajstić information content (AvgIpc) is 2.78. The minimum Gasteiger partial charge on any atom is -0.201 e. The maximum Gasteiger partial charge on any atom is 0.281 e. The Kier molecular flexibility index (Phi) is 3.24. The smallest absolute Gasteiger partial charge is 0.201 e. The third-order valence-corrected chi connectivity index (χ3v) is 3.41. The molecule has 0 aliphatic carbocycles. The molecule has 1 heterocycles. The summed E-state index contributed by atoms with van der Waals surface area (Å²) >= 11 is 0.806. The molecule has 1 aromatic heterocycles. The van der Waals surface area contributed by atoms with Gasteiger partial charge in [0.05, 0.1) is 5.69 Å². The fraction of sp³-hybridized carbons (Fsp3) is 0.308. The minimum atomic E-state index is -2.86. The second kappa shape index (κ2) is 4.53. The highest BCUT2D eigenvalue weighted by Crippen LogP contribution is 2.32. The van der Waals surface area contributed by atoms with Crippen LogP contribution in [0.4, 0.5) is 8.78 Å². The summed E-state index contributed by atoms with van der Waals surface area (Å²) in [4.78, 5) is -0.118. The molecule has 0 aliphatic rings. The molecule has 0 fully saturated rings. The van der Waals surface area contributed by atoms with Crippen LogP contribution in [0, 0.1) is 6.07 Å². The highest BCUT2D eigenvalue weighted by molar-refractivity contribution is 7.06. The summed E-state index contributed by atoms with van der Waals surface area (Å²) in [5.41, 5.74) is 2.54. The van der Waals surface area contributed by atoms with Gasteiger partial charge in [-0.05, 0) is 23.5 Å². The van der Waals surface area contributed by atoms with Gasteiger partial charge < -0.3 is 0 Å². The second-order valence-corrected chi connectivity index (χ2v) is 4.70. The van der Waals surface area contributed by atoms with Crippen molar-refractivity contribution >= 4 is 11.5 Å². The summed E-state index contributed by atoms with van der Waals surface area (Å²) in [5.74, 6) is -2.86. The first kappa shape index (κ1) is 12.2. The lowest BCUT2D eigenvalue weighted by Gasteiger charge is -2.03. The van der Waals surface area contributed by atoms with Gasteiger partial charge in [-0.3, -0.25) is 0 Å². The lowest BCUT2D eigenvalue weighted by molar-refractivity contribution is 0.0213. The molecule has 4 heteroatoms. The molecule has 1 radical (unpaired) electrons. The van der Waals surface area contributed by atoms with E-state index in [0.717, 1.165) is 30.4 Å². The maximum absolute atomic E-state index is 13.0. The zero-order valence-corrected chi connectivity index (χ0v) is 10.4. The Labute approximate surface area is 103 Å². The number of aryl methyl sites for hydroxylation is 1. The Balaban J connectivity index is 2.30. The number of rotatable bonds is 3. The van der Waals surface area contributed by atoms with Crippen LogP contribution in [0.2, 0.25) is 0 Å². The molecule has 0 saturated heterocycles. The first-order chi connectivity index (χ1) is 8.00. The molecule has 1 aromatic carbocycles. The van der Waals surface area contributed by atoms with E-state index in [-0.39, 0.29) is 4.88 Å². The zero-order valence-electron chi connectivity index (χ0n) is 9.63. The summed E-state index contributed by atoms with van der Waals surface area (Å²) in [7, 11) is 0. The predicted molar refractivity (Wildman–Crippen MR) is 65.3 cm³/mol. The van der Waals surface area contributed by atoms with Crippen LogP contribution in [-0.2, 0) is 12.3 Å². The Bertz CT molecular complexity index is 497. The predicted octanol–water partition coefficient (Wildman–Crippen LogP) is 4.28. The fourth-order valence-corrected chi connectivity index (χ4v) is 2.09. The van der Waals surface area contributed by atoms with E-state index in [2.05, 4.69) is 17.4 Å². The van der Waals surface area contributed by atoms with E-state index in [0.29, 0.717) is 5.69 Å². The van der Waals surface area contributed by atoms with E-state index in [9.17, 15) is 8.78 Å². The third kappa shape index (κ3) is 2.69. The van der Waals surface area contributed by atoms with Gasteiger partial charge in [0, 0.05) is 18.6 Å². The van der Waals surface area contributed by atoms with E-state index >= 15 is 0 Å². The number of nitrogens with zero attached hydrogens (tertiary/aromatic N) is 1. The van der Waals surface area contributed by atoms with Crippen molar-refractivity contribution in [3.05, 3.63) is 40.8 Å². The largest absolute Gasteiger partial charge is 0.281 e. The van der Waals surface area contributed by atoms with Crippen molar-refractivity contribution in [2.24, 2.45) is 0 Å². The van der Waals surface area contributed by atoms with Crippen molar-refractivity contribution in [3.63, 3.8) is 0 Å². The van der Waals surface area contributed by atoms with Gasteiger partial charge in [0.15, 0.2) is 0 Å². The molecule has 0 unspecified atom stereocenters. The van der Waals surface area contributed by atoms with Gasteiger partial charge in [0.25, 0.3) is 5.92 Å². The number of alkyl halides is 2. The summed E-state index contributed by atoms with van der Waals surface area (Å²) in [6, 6.07) is 10.4. The van der Waals surface area contributed by atoms with Gasteiger partial charge in [0.2, 0.25) is 0 Å². The average molecular weight is 252 g/mol. The van der Waals surface area contributed by atoms with Crippen molar-refractivity contribution in [1.29, 1.82) is 0 Å². The van der Waals surface area contributed by atoms with Crippen molar-refractivity contribution in [3.8, 4) is 11.3 Å². The zero-order chi connectivity index (χ0) is 12.5. The molecule has 0 N–H and O–H groups in total. The van der Waals surface area contributed by atoms with Crippen molar-refractivity contribution < 1.29 is 8.78 Å². The molecule has 0 spiro atoms. The number of hydrogen-bond donors (Lipinski definition) is 0. The van der Waals surface area contributed by atoms with E-state index in [1.54, 1.807) is 0 Å². The van der Waals surface area contributed by atoms with E-state index in [1.165, 1.54) is 5.56 Å². The lowest BCUT2D eigenvalue weighted by Crippen LogP contribution is -2.03. The molecule has 0 saturated carbocycles. The molecule has 89 valence electrons. The Morgan fingerprint density at radius 3 is 2.41 bits per heavy atom. The first-order valence-corrected chi connectivity index (χ1v) is 6.14. The van der Waals surface area contributed by atoms with Crippen molar-refractivity contribution in [2.45, 2.75) is 26.2 Å². The quantitative estimate of drug-likeness (QED) is 0.794. The first-order valence-electron chi connectivity index (χ1n) is 5.37. The standard InChI is InChI=1S/C13H12F2NS/c1-3-9-4-6-10(7-5-9)11-8-12(17-16-11)13(2,14)15/h4-7H,3H2,1-2H3. The fourth-order valence-electron chi connectivity index (χ4n) is 1.46. The highest BCUT2D eigenvalue weighted by atomic mass is 32.1. The SMILES string of the molecule is CCc1ccc(-c2[c]c(C(C)(F)F)sn2)cc1. The van der Waals surface area contributed by atoms with E-state index < -0.39 is 5.92 Å². The summed E-state index contributed by atoms with van der Waals surface area (Å²) < 4.78 is 30.1. The Morgan fingerprint density at radius 1 is 1.29 bits per heavy atom. The molecule has 2 rings (SSSR count). The summed E-state index contributed by atoms with van der Waals surface area (Å²) in [6.07, 6.45) is 0.958. The Morgan fingerprint density at radius 2 is 1.94 bits per heavy atom. The number of benzene rings is 1. The Hall–Kier alpha value is -1.29. The van der Waals surface area contributed by atoms with E-state index in [4.69, 9.17) is 0 Å². The van der Waals surface area contributed by atoms with Crippen LogP contribution >= 0.6 is 11.5 Å². The number of hydrogen-bond acceptors (Lipinski definition) is 2. The van der Waals surface area contributed by atoms with Gasteiger partial charge in [0.1, 0.15) is 4.88 Å². The molecule has 1 nitrogen and oxygen atoms in total. The van der Waals surface area contributed by atoms with Gasteiger partial charge in [-0.25, -0.2) is 8.78 Å². The molecule has 0 atom stereocenters. The van der Waals surface area contributed by atoms with Crippen LogP contribution in [0.3, 0.4) is 0 Å². The second-order valence-electron chi connectivity index (χ2n) is 3.92. The molecule has 2 aromatic rings. The topological polar surface area (TPSA) is 12.9 Å². The van der Waals surface area contributed by atoms with Gasteiger partial charge in [-0.2, -0.15) is 4.37 Å². The monoisotopic (exact) mass is 252 g/mol. The molecule has 0 aliphatic heterocycles. The van der Waals surface area contributed by atoms with Gasteiger partial charge >= 0.3 is 0 Å². The summed E-state index contributed by atoms with van der Waals surface area (Å²) in [6.45, 7) is 2.93. The van der Waals surface area contributed by atoms with Crippen LogP contribution in [0.5, 0.6) is 0 Å². The molecule has 17 heavy (non-hydrogen) atoms. The van der Waals surface area contributed by atoms with Gasteiger partial charge in [-0.1, -0.05) is 31.2 Å². The molecule has 0 bridgehead atoms. The lowest BCUT2D eigenvalue weighted by atomic mass is 10.1. The number of aromatic nitrogens is 1. The van der Waals surface area contributed by atoms with Crippen LogP contribution in [0.1, 0.15) is 24.3 Å². The minimum absolute atomic E-state index is 0.118.